The van der Waals surface area contributed by atoms with Crippen molar-refractivity contribution in [2.75, 3.05) is 0 Å². The molecule has 0 aliphatic carbocycles. The largest absolute Gasteiger partial charge is 0.234 e. The summed E-state index contributed by atoms with van der Waals surface area (Å²) in [5.74, 6) is -0.471. The van der Waals surface area contributed by atoms with Gasteiger partial charge in [-0.15, -0.1) is 0 Å². The predicted molar refractivity (Wildman–Crippen MR) is 51.4 cm³/mol. The zero-order valence-corrected chi connectivity index (χ0v) is 7.72. The fourth-order valence-corrected chi connectivity index (χ4v) is 1.43. The maximum atomic E-state index is 13.3. The van der Waals surface area contributed by atoms with Crippen molar-refractivity contribution >= 4 is 22.5 Å². The molecule has 1 aromatic heterocycles. The minimum absolute atomic E-state index is 0.136. The number of pyridine rings is 1. The third-order valence-electron chi connectivity index (χ3n) is 1.87. The van der Waals surface area contributed by atoms with Crippen molar-refractivity contribution in [3.63, 3.8) is 0 Å². The fourth-order valence-electron chi connectivity index (χ4n) is 1.21. The van der Waals surface area contributed by atoms with Crippen LogP contribution in [0.5, 0.6) is 0 Å². The number of benzene rings is 1. The molecular weight excluding hydrogens is 203 g/mol. The first-order chi connectivity index (χ1) is 6.72. The van der Waals surface area contributed by atoms with Crippen LogP contribution in [0.4, 0.5) is 4.39 Å². The smallest absolute Gasteiger partial charge is 0.149 e. The predicted octanol–water partition coefficient (Wildman–Crippen LogP) is 2.90. The van der Waals surface area contributed by atoms with Gasteiger partial charge < -0.3 is 0 Å². The number of rotatable bonds is 0. The van der Waals surface area contributed by atoms with Gasteiger partial charge in [0, 0.05) is 5.39 Å². The van der Waals surface area contributed by atoms with Crippen LogP contribution in [0.25, 0.3) is 10.9 Å². The van der Waals surface area contributed by atoms with Gasteiger partial charge in [-0.3, -0.25) is 0 Å². The van der Waals surface area contributed by atoms with Crippen molar-refractivity contribution in [3.05, 3.63) is 40.8 Å². The second-order valence-electron chi connectivity index (χ2n) is 2.73. The maximum Gasteiger partial charge on any atom is 0.149 e. The molecule has 14 heavy (non-hydrogen) atoms. The van der Waals surface area contributed by atoms with E-state index in [0.717, 1.165) is 0 Å². The topological polar surface area (TPSA) is 36.7 Å². The Balaban J connectivity index is 2.89. The van der Waals surface area contributed by atoms with Gasteiger partial charge in [-0.2, -0.15) is 5.26 Å². The average molecular weight is 207 g/mol. The summed E-state index contributed by atoms with van der Waals surface area (Å²) in [5.41, 5.74) is 0.315. The second-order valence-corrected chi connectivity index (χ2v) is 3.14. The highest BCUT2D eigenvalue weighted by Crippen LogP contribution is 2.24. The Kier molecular flexibility index (Phi) is 2.06. The number of hydrogen-bond acceptors (Lipinski definition) is 2. The van der Waals surface area contributed by atoms with E-state index < -0.39 is 5.82 Å². The average Bonchev–Trinajstić information content (AvgIpc) is 2.23. The van der Waals surface area contributed by atoms with Gasteiger partial charge >= 0.3 is 0 Å². The molecule has 2 rings (SSSR count). The lowest BCUT2D eigenvalue weighted by molar-refractivity contribution is 0.636. The SMILES string of the molecule is N#Cc1ccc2c(Cl)ccc(F)c2n1. The molecule has 0 radical (unpaired) electrons. The van der Waals surface area contributed by atoms with E-state index in [1.54, 1.807) is 6.07 Å². The van der Waals surface area contributed by atoms with Crippen molar-refractivity contribution in [3.8, 4) is 6.07 Å². The summed E-state index contributed by atoms with van der Waals surface area (Å²) in [4.78, 5) is 3.83. The van der Waals surface area contributed by atoms with E-state index in [9.17, 15) is 4.39 Å². The fraction of sp³-hybridized carbons (Fsp3) is 0. The Morgan fingerprint density at radius 1 is 1.29 bits per heavy atom. The van der Waals surface area contributed by atoms with Crippen molar-refractivity contribution in [1.29, 1.82) is 5.26 Å². The molecule has 0 atom stereocenters. The van der Waals surface area contributed by atoms with Crippen LogP contribution in [0.3, 0.4) is 0 Å². The Morgan fingerprint density at radius 2 is 2.07 bits per heavy atom. The highest BCUT2D eigenvalue weighted by atomic mass is 35.5. The summed E-state index contributed by atoms with van der Waals surface area (Å²) in [6.45, 7) is 0. The van der Waals surface area contributed by atoms with Gasteiger partial charge in [0.25, 0.3) is 0 Å². The summed E-state index contributed by atoms with van der Waals surface area (Å²) in [7, 11) is 0. The summed E-state index contributed by atoms with van der Waals surface area (Å²) in [6, 6.07) is 7.64. The normalized spacial score (nSPS) is 10.1. The first-order valence-electron chi connectivity index (χ1n) is 3.87. The minimum Gasteiger partial charge on any atom is -0.234 e. The summed E-state index contributed by atoms with van der Waals surface area (Å²) >= 11 is 5.83. The highest BCUT2D eigenvalue weighted by molar-refractivity contribution is 6.35. The van der Waals surface area contributed by atoms with Crippen LogP contribution in [0.1, 0.15) is 5.69 Å². The lowest BCUT2D eigenvalue weighted by atomic mass is 10.2. The number of nitriles is 1. The van der Waals surface area contributed by atoms with Crippen LogP contribution in [0.2, 0.25) is 5.02 Å². The lowest BCUT2D eigenvalue weighted by Crippen LogP contribution is -1.88. The molecule has 0 N–H and O–H groups in total. The van der Waals surface area contributed by atoms with Gasteiger partial charge in [-0.05, 0) is 24.3 Å². The Hall–Kier alpha value is -1.66. The van der Waals surface area contributed by atoms with Crippen LogP contribution in [0.15, 0.2) is 24.3 Å². The number of nitrogens with zero attached hydrogens (tertiary/aromatic N) is 2. The molecule has 0 aliphatic heterocycles. The van der Waals surface area contributed by atoms with Gasteiger partial charge in [0.1, 0.15) is 23.1 Å². The van der Waals surface area contributed by atoms with E-state index in [2.05, 4.69) is 4.98 Å². The zero-order valence-electron chi connectivity index (χ0n) is 6.96. The quantitative estimate of drug-likeness (QED) is 0.665. The monoisotopic (exact) mass is 206 g/mol. The third kappa shape index (κ3) is 1.30. The molecule has 0 saturated carbocycles. The van der Waals surface area contributed by atoms with Crippen LogP contribution in [-0.4, -0.2) is 4.98 Å². The molecule has 68 valence electrons. The molecule has 0 saturated heterocycles. The van der Waals surface area contributed by atoms with E-state index in [4.69, 9.17) is 16.9 Å². The van der Waals surface area contributed by atoms with Gasteiger partial charge in [0.05, 0.1) is 5.02 Å². The molecule has 0 spiro atoms. The molecule has 0 unspecified atom stereocenters. The summed E-state index contributed by atoms with van der Waals surface area (Å²) < 4.78 is 13.3. The molecule has 0 amide bonds. The molecule has 0 fully saturated rings. The van der Waals surface area contributed by atoms with Crippen molar-refractivity contribution in [2.45, 2.75) is 0 Å². The lowest BCUT2D eigenvalue weighted by Gasteiger charge is -2.00. The standard InChI is InChI=1S/C10H4ClFN2/c11-8-3-4-9(12)10-7(8)2-1-6(5-13)14-10/h1-4H. The summed E-state index contributed by atoms with van der Waals surface area (Å²) in [6.07, 6.45) is 0. The minimum atomic E-state index is -0.471. The molecule has 0 bridgehead atoms. The van der Waals surface area contributed by atoms with E-state index in [-0.39, 0.29) is 11.2 Å². The first-order valence-corrected chi connectivity index (χ1v) is 4.25. The van der Waals surface area contributed by atoms with Gasteiger partial charge in [-0.1, -0.05) is 11.6 Å². The third-order valence-corrected chi connectivity index (χ3v) is 2.20. The molecule has 2 nitrogen and oxygen atoms in total. The molecule has 1 aromatic carbocycles. The Bertz CT molecular complexity index is 546. The molecule has 0 aliphatic rings. The number of aromatic nitrogens is 1. The number of hydrogen-bond donors (Lipinski definition) is 0. The van der Waals surface area contributed by atoms with Crippen LogP contribution < -0.4 is 0 Å². The Labute approximate surface area is 84.6 Å². The Morgan fingerprint density at radius 3 is 2.79 bits per heavy atom. The van der Waals surface area contributed by atoms with Crippen LogP contribution in [0, 0.1) is 17.1 Å². The first kappa shape index (κ1) is 8.92. The van der Waals surface area contributed by atoms with Crippen molar-refractivity contribution in [1.82, 2.24) is 4.98 Å². The van der Waals surface area contributed by atoms with Gasteiger partial charge in [0.2, 0.25) is 0 Å². The van der Waals surface area contributed by atoms with Gasteiger partial charge in [-0.25, -0.2) is 9.37 Å². The molecular formula is C10H4ClFN2. The number of halogens is 2. The van der Waals surface area contributed by atoms with Crippen molar-refractivity contribution in [2.24, 2.45) is 0 Å². The van der Waals surface area contributed by atoms with Crippen LogP contribution >= 0.6 is 11.6 Å². The maximum absolute atomic E-state index is 13.3. The molecule has 4 heteroatoms. The summed E-state index contributed by atoms with van der Waals surface area (Å²) in [5, 5.41) is 9.54. The van der Waals surface area contributed by atoms with Gasteiger partial charge in [0.15, 0.2) is 0 Å². The van der Waals surface area contributed by atoms with E-state index in [1.165, 1.54) is 18.2 Å². The van der Waals surface area contributed by atoms with E-state index in [0.29, 0.717) is 10.4 Å². The molecule has 1 heterocycles. The number of fused-ring (bicyclic) bond motifs is 1. The highest BCUT2D eigenvalue weighted by Gasteiger charge is 2.06. The van der Waals surface area contributed by atoms with E-state index >= 15 is 0 Å². The second kappa shape index (κ2) is 3.24. The van der Waals surface area contributed by atoms with E-state index in [1.807, 2.05) is 6.07 Å². The van der Waals surface area contributed by atoms with Crippen molar-refractivity contribution < 1.29 is 4.39 Å². The molecule has 2 aromatic rings. The zero-order chi connectivity index (χ0) is 10.1. The van der Waals surface area contributed by atoms with Crippen LogP contribution in [-0.2, 0) is 0 Å².